The summed E-state index contributed by atoms with van der Waals surface area (Å²) in [6, 6.07) is 10.3. The topological polar surface area (TPSA) is 82.5 Å². The molecular weight excluding hydrogens is 406 g/mol. The number of carbonyl (C=O) groups excluding carboxylic acids is 1. The van der Waals surface area contributed by atoms with E-state index in [-0.39, 0.29) is 17.8 Å². The average Bonchev–Trinajstić information content (AvgIpc) is 3.16. The lowest BCUT2D eigenvalue weighted by molar-refractivity contribution is -0.133. The number of urea groups is 1. The molecule has 0 atom stereocenters. The summed E-state index contributed by atoms with van der Waals surface area (Å²) in [4.78, 5) is 30.0. The first-order chi connectivity index (χ1) is 14.0. The number of amides is 2. The molecule has 8 heteroatoms. The van der Waals surface area contributed by atoms with Crippen LogP contribution in [0.3, 0.4) is 0 Å². The molecule has 1 fully saturated rings. The molecule has 0 saturated heterocycles. The first-order valence-corrected chi connectivity index (χ1v) is 11.7. The number of rotatable bonds is 8. The molecule has 29 heavy (non-hydrogen) atoms. The van der Waals surface area contributed by atoms with Crippen LogP contribution < -0.4 is 5.32 Å². The molecule has 2 N–H and O–H groups in total. The molecule has 0 unspecified atom stereocenters. The van der Waals surface area contributed by atoms with Crippen LogP contribution in [0, 0.1) is 5.92 Å². The van der Waals surface area contributed by atoms with Crippen LogP contribution in [0.25, 0.3) is 0 Å². The monoisotopic (exact) mass is 433 g/mol. The zero-order valence-corrected chi connectivity index (χ0v) is 18.2. The summed E-state index contributed by atoms with van der Waals surface area (Å²) in [6.07, 6.45) is 6.78. The maximum Gasteiger partial charge on any atom is 0.323 e. The Hall–Kier alpha value is -2.06. The SMILES string of the molecule is C[C@H]1CC[C@H](N(CCc2ccccc2)C(=O)Nc2ncc(SCC(=O)O)s2)CC1. The molecule has 0 radical (unpaired) electrons. The third-order valence-electron chi connectivity index (χ3n) is 5.21. The van der Waals surface area contributed by atoms with Crippen molar-refractivity contribution in [1.82, 2.24) is 9.88 Å². The molecule has 6 nitrogen and oxygen atoms in total. The van der Waals surface area contributed by atoms with Crippen LogP contribution in [0.4, 0.5) is 9.93 Å². The molecule has 0 bridgehead atoms. The first kappa shape index (κ1) is 21.6. The Kier molecular flexibility index (Phi) is 7.94. The van der Waals surface area contributed by atoms with Crippen LogP contribution in [-0.4, -0.2) is 45.3 Å². The Morgan fingerprint density at radius 2 is 1.97 bits per heavy atom. The van der Waals surface area contributed by atoms with Crippen LogP contribution in [0.1, 0.15) is 38.2 Å². The predicted octanol–water partition coefficient (Wildman–Crippen LogP) is 4.98. The van der Waals surface area contributed by atoms with Crippen molar-refractivity contribution in [3.8, 4) is 0 Å². The van der Waals surface area contributed by atoms with Crippen LogP contribution in [0.2, 0.25) is 0 Å². The third-order valence-corrected chi connectivity index (χ3v) is 7.30. The van der Waals surface area contributed by atoms with Gasteiger partial charge < -0.3 is 10.0 Å². The molecule has 1 aliphatic rings. The van der Waals surface area contributed by atoms with E-state index < -0.39 is 5.97 Å². The highest BCUT2D eigenvalue weighted by molar-refractivity contribution is 8.01. The summed E-state index contributed by atoms with van der Waals surface area (Å²) >= 11 is 2.52. The van der Waals surface area contributed by atoms with Crippen LogP contribution in [0.5, 0.6) is 0 Å². The molecule has 1 saturated carbocycles. The van der Waals surface area contributed by atoms with Gasteiger partial charge in [0.2, 0.25) is 0 Å². The molecule has 2 aromatic rings. The Balaban J connectivity index is 1.64. The van der Waals surface area contributed by atoms with Crippen molar-refractivity contribution in [2.75, 3.05) is 17.6 Å². The standard InChI is InChI=1S/C21H27N3O3S2/c1-15-7-9-17(10-8-15)24(12-11-16-5-3-2-4-6-16)21(27)23-20-22-13-19(29-20)28-14-18(25)26/h2-6,13,15,17H,7-12,14H2,1H3,(H,25,26)(H,22,23,27)/t15-,17-. The summed E-state index contributed by atoms with van der Waals surface area (Å²) in [7, 11) is 0. The van der Waals surface area contributed by atoms with E-state index in [1.807, 2.05) is 23.1 Å². The number of carboxylic acids is 1. The van der Waals surface area contributed by atoms with Gasteiger partial charge in [0.25, 0.3) is 0 Å². The van der Waals surface area contributed by atoms with Crippen molar-refractivity contribution < 1.29 is 14.7 Å². The largest absolute Gasteiger partial charge is 0.481 e. The molecule has 156 valence electrons. The van der Waals surface area contributed by atoms with E-state index in [0.717, 1.165) is 42.2 Å². The molecule has 1 aromatic carbocycles. The van der Waals surface area contributed by atoms with Crippen molar-refractivity contribution in [3.05, 3.63) is 42.1 Å². The van der Waals surface area contributed by atoms with E-state index >= 15 is 0 Å². The van der Waals surface area contributed by atoms with Gasteiger partial charge in [-0.1, -0.05) is 48.6 Å². The second-order valence-electron chi connectivity index (χ2n) is 7.44. The first-order valence-electron chi connectivity index (χ1n) is 9.93. The van der Waals surface area contributed by atoms with Gasteiger partial charge in [0.05, 0.1) is 16.2 Å². The molecule has 3 rings (SSSR count). The van der Waals surface area contributed by atoms with Gasteiger partial charge in [-0.05, 0) is 43.6 Å². The summed E-state index contributed by atoms with van der Waals surface area (Å²) < 4.78 is 0.782. The average molecular weight is 434 g/mol. The number of carboxylic acid groups (broad SMARTS) is 1. The number of nitrogens with zero attached hydrogens (tertiary/aromatic N) is 2. The summed E-state index contributed by atoms with van der Waals surface area (Å²) in [5, 5.41) is 12.2. The quantitative estimate of drug-likeness (QED) is 0.574. The Morgan fingerprint density at radius 3 is 2.66 bits per heavy atom. The highest BCUT2D eigenvalue weighted by Gasteiger charge is 2.28. The number of hydrogen-bond acceptors (Lipinski definition) is 5. The molecule has 1 aliphatic carbocycles. The number of aromatic nitrogens is 1. The number of carbonyl (C=O) groups is 2. The lowest BCUT2D eigenvalue weighted by atomic mass is 9.86. The lowest BCUT2D eigenvalue weighted by Gasteiger charge is -2.36. The molecular formula is C21H27N3O3S2. The number of thioether (sulfide) groups is 1. The minimum atomic E-state index is -0.868. The van der Waals surface area contributed by atoms with Crippen molar-refractivity contribution in [2.45, 2.75) is 49.3 Å². The Bertz CT molecular complexity index is 805. The smallest absolute Gasteiger partial charge is 0.323 e. The maximum absolute atomic E-state index is 13.1. The van der Waals surface area contributed by atoms with Crippen molar-refractivity contribution in [1.29, 1.82) is 0 Å². The molecule has 1 aromatic heterocycles. The van der Waals surface area contributed by atoms with E-state index in [4.69, 9.17) is 5.11 Å². The van der Waals surface area contributed by atoms with Gasteiger partial charge in [-0.3, -0.25) is 10.1 Å². The van der Waals surface area contributed by atoms with Gasteiger partial charge >= 0.3 is 12.0 Å². The molecule has 0 aliphatic heterocycles. The van der Waals surface area contributed by atoms with Gasteiger partial charge in [0.15, 0.2) is 5.13 Å². The number of hydrogen-bond donors (Lipinski definition) is 2. The van der Waals surface area contributed by atoms with E-state index in [2.05, 4.69) is 29.4 Å². The number of benzene rings is 1. The summed E-state index contributed by atoms with van der Waals surface area (Å²) in [5.74, 6) is -0.162. The van der Waals surface area contributed by atoms with Gasteiger partial charge in [0.1, 0.15) is 0 Å². The van der Waals surface area contributed by atoms with E-state index in [1.165, 1.54) is 28.7 Å². The van der Waals surface area contributed by atoms with E-state index in [1.54, 1.807) is 6.20 Å². The van der Waals surface area contributed by atoms with Crippen LogP contribution in [-0.2, 0) is 11.2 Å². The van der Waals surface area contributed by atoms with Gasteiger partial charge in [-0.15, -0.1) is 11.8 Å². The van der Waals surface area contributed by atoms with Crippen molar-refractivity contribution in [2.24, 2.45) is 5.92 Å². The fourth-order valence-electron chi connectivity index (χ4n) is 3.58. The minimum absolute atomic E-state index is 0.0148. The molecule has 2 amide bonds. The predicted molar refractivity (Wildman–Crippen MR) is 118 cm³/mol. The highest BCUT2D eigenvalue weighted by Crippen LogP contribution is 2.30. The number of thiazole rings is 1. The second kappa shape index (κ2) is 10.6. The Labute approximate surface area is 179 Å². The third kappa shape index (κ3) is 6.75. The van der Waals surface area contributed by atoms with Gasteiger partial charge in [0, 0.05) is 12.6 Å². The molecule has 0 spiro atoms. The maximum atomic E-state index is 13.1. The highest BCUT2D eigenvalue weighted by atomic mass is 32.2. The fourth-order valence-corrected chi connectivity index (χ4v) is 5.16. The number of aliphatic carboxylic acids is 1. The Morgan fingerprint density at radius 1 is 1.24 bits per heavy atom. The lowest BCUT2D eigenvalue weighted by Crippen LogP contribution is -2.45. The fraction of sp³-hybridized carbons (Fsp3) is 0.476. The van der Waals surface area contributed by atoms with E-state index in [0.29, 0.717) is 11.7 Å². The summed E-state index contributed by atoms with van der Waals surface area (Å²) in [5.41, 5.74) is 1.22. The van der Waals surface area contributed by atoms with Gasteiger partial charge in [-0.2, -0.15) is 0 Å². The number of anilines is 1. The van der Waals surface area contributed by atoms with Crippen LogP contribution >= 0.6 is 23.1 Å². The van der Waals surface area contributed by atoms with Crippen LogP contribution in [0.15, 0.2) is 40.7 Å². The summed E-state index contributed by atoms with van der Waals surface area (Å²) in [6.45, 7) is 2.94. The van der Waals surface area contributed by atoms with Crippen molar-refractivity contribution >= 4 is 40.2 Å². The zero-order chi connectivity index (χ0) is 20.6. The van der Waals surface area contributed by atoms with Gasteiger partial charge in [-0.25, -0.2) is 9.78 Å². The second-order valence-corrected chi connectivity index (χ2v) is 9.75. The normalized spacial score (nSPS) is 18.9. The zero-order valence-electron chi connectivity index (χ0n) is 16.5. The van der Waals surface area contributed by atoms with Crippen molar-refractivity contribution in [3.63, 3.8) is 0 Å². The minimum Gasteiger partial charge on any atom is -0.481 e. The molecule has 1 heterocycles. The van der Waals surface area contributed by atoms with E-state index in [9.17, 15) is 9.59 Å². The number of nitrogens with one attached hydrogen (secondary N) is 1.